The molecule has 0 aliphatic carbocycles. The highest BCUT2D eigenvalue weighted by atomic mass is 19.1. The fourth-order valence-electron chi connectivity index (χ4n) is 1.29. The minimum Gasteiger partial charge on any atom is -0.322 e. The molecule has 0 radical (unpaired) electrons. The van der Waals surface area contributed by atoms with Crippen LogP contribution in [0.3, 0.4) is 0 Å². The number of benzene rings is 1. The second kappa shape index (κ2) is 4.14. The Balaban J connectivity index is 2.18. The maximum atomic E-state index is 13.4. The Labute approximate surface area is 91.7 Å². The van der Waals surface area contributed by atoms with E-state index in [1.807, 2.05) is 6.07 Å². The van der Waals surface area contributed by atoms with Crippen LogP contribution in [0.2, 0.25) is 0 Å². The molecule has 0 spiro atoms. The number of aryl methyl sites for hydroxylation is 1. The molecule has 0 atom stereocenters. The summed E-state index contributed by atoms with van der Waals surface area (Å²) in [5.74, 6) is -1.15. The lowest BCUT2D eigenvalue weighted by Gasteiger charge is -2.02. The number of nitrogens with zero attached hydrogens (tertiary/aromatic N) is 2. The van der Waals surface area contributed by atoms with Crippen LogP contribution in [0.5, 0.6) is 0 Å². The van der Waals surface area contributed by atoms with E-state index in [-0.39, 0.29) is 5.56 Å². The van der Waals surface area contributed by atoms with Crippen LogP contribution in [0.4, 0.5) is 10.1 Å². The molecule has 0 saturated heterocycles. The minimum absolute atomic E-state index is 0.0636. The van der Waals surface area contributed by atoms with Gasteiger partial charge in [-0.1, -0.05) is 18.2 Å². The van der Waals surface area contributed by atoms with E-state index in [1.165, 1.54) is 13.2 Å². The molecule has 0 saturated carbocycles. The number of halogens is 1. The van der Waals surface area contributed by atoms with Crippen molar-refractivity contribution in [2.75, 3.05) is 5.32 Å². The summed E-state index contributed by atoms with van der Waals surface area (Å²) < 4.78 is 14.4. The highest BCUT2D eigenvalue weighted by Gasteiger charge is 2.15. The maximum Gasteiger partial charge on any atom is 0.261 e. The van der Waals surface area contributed by atoms with Gasteiger partial charge < -0.3 is 5.32 Å². The van der Waals surface area contributed by atoms with Crippen LogP contribution in [0.15, 0.2) is 36.5 Å². The fourth-order valence-corrected chi connectivity index (χ4v) is 1.29. The van der Waals surface area contributed by atoms with Crippen molar-refractivity contribution in [2.24, 2.45) is 7.05 Å². The molecule has 5 heteroatoms. The number of anilines is 1. The fraction of sp³-hybridized carbons (Fsp3) is 0.0909. The van der Waals surface area contributed by atoms with Crippen LogP contribution in [0.25, 0.3) is 0 Å². The molecule has 1 amide bonds. The predicted octanol–water partition coefficient (Wildman–Crippen LogP) is 1.81. The first kappa shape index (κ1) is 10.4. The summed E-state index contributed by atoms with van der Waals surface area (Å²) in [4.78, 5) is 11.6. The molecule has 1 aromatic carbocycles. The SMILES string of the molecule is Cn1ncc(C(=O)Nc2ccccc2)c1F. The van der Waals surface area contributed by atoms with Crippen molar-refractivity contribution in [1.29, 1.82) is 0 Å². The summed E-state index contributed by atoms with van der Waals surface area (Å²) in [5.41, 5.74) is 0.558. The van der Waals surface area contributed by atoms with Gasteiger partial charge in [0.25, 0.3) is 5.91 Å². The average molecular weight is 219 g/mol. The first-order chi connectivity index (χ1) is 7.68. The van der Waals surface area contributed by atoms with Crippen molar-refractivity contribution in [1.82, 2.24) is 9.78 Å². The third kappa shape index (κ3) is 1.93. The van der Waals surface area contributed by atoms with E-state index in [1.54, 1.807) is 24.3 Å². The van der Waals surface area contributed by atoms with Gasteiger partial charge in [-0.3, -0.25) is 4.79 Å². The van der Waals surface area contributed by atoms with Crippen molar-refractivity contribution in [3.05, 3.63) is 48.0 Å². The molecule has 1 heterocycles. The van der Waals surface area contributed by atoms with E-state index in [2.05, 4.69) is 10.4 Å². The Bertz CT molecular complexity index is 507. The van der Waals surface area contributed by atoms with Gasteiger partial charge >= 0.3 is 0 Å². The molecule has 0 fully saturated rings. The molecular weight excluding hydrogens is 209 g/mol. The maximum absolute atomic E-state index is 13.4. The number of nitrogens with one attached hydrogen (secondary N) is 1. The van der Waals surface area contributed by atoms with Crippen LogP contribution < -0.4 is 5.32 Å². The topological polar surface area (TPSA) is 46.9 Å². The highest BCUT2D eigenvalue weighted by molar-refractivity contribution is 6.04. The Morgan fingerprint density at radius 2 is 2.06 bits per heavy atom. The number of carbonyl (C=O) groups excluding carboxylic acids is 1. The van der Waals surface area contributed by atoms with Crippen molar-refractivity contribution in [2.45, 2.75) is 0 Å². The van der Waals surface area contributed by atoms with Gasteiger partial charge in [0.15, 0.2) is 0 Å². The zero-order chi connectivity index (χ0) is 11.5. The molecule has 82 valence electrons. The van der Waals surface area contributed by atoms with Gasteiger partial charge in [-0.15, -0.1) is 0 Å². The quantitative estimate of drug-likeness (QED) is 0.837. The largest absolute Gasteiger partial charge is 0.322 e. The highest BCUT2D eigenvalue weighted by Crippen LogP contribution is 2.10. The van der Waals surface area contributed by atoms with Gasteiger partial charge in [0.1, 0.15) is 5.56 Å². The molecule has 0 bridgehead atoms. The number of rotatable bonds is 2. The van der Waals surface area contributed by atoms with Gasteiger partial charge in [0.05, 0.1) is 6.20 Å². The number of para-hydroxylation sites is 1. The minimum atomic E-state index is -0.645. The lowest BCUT2D eigenvalue weighted by molar-refractivity contribution is 0.102. The van der Waals surface area contributed by atoms with Crippen LogP contribution in [-0.4, -0.2) is 15.7 Å². The lowest BCUT2D eigenvalue weighted by Crippen LogP contribution is -2.13. The van der Waals surface area contributed by atoms with E-state index < -0.39 is 11.9 Å². The summed E-state index contributed by atoms with van der Waals surface area (Å²) in [6.07, 6.45) is 1.20. The van der Waals surface area contributed by atoms with Crippen LogP contribution >= 0.6 is 0 Å². The zero-order valence-corrected chi connectivity index (χ0v) is 8.64. The Hall–Kier alpha value is -2.17. The van der Waals surface area contributed by atoms with Gasteiger partial charge in [-0.2, -0.15) is 9.49 Å². The Morgan fingerprint density at radius 1 is 1.38 bits per heavy atom. The molecule has 2 rings (SSSR count). The average Bonchev–Trinajstić information content (AvgIpc) is 2.61. The van der Waals surface area contributed by atoms with Gasteiger partial charge in [0.2, 0.25) is 5.95 Å². The monoisotopic (exact) mass is 219 g/mol. The van der Waals surface area contributed by atoms with Crippen molar-refractivity contribution in [3.8, 4) is 0 Å². The van der Waals surface area contributed by atoms with Crippen molar-refractivity contribution in [3.63, 3.8) is 0 Å². The summed E-state index contributed by atoms with van der Waals surface area (Å²) in [6.45, 7) is 0. The summed E-state index contributed by atoms with van der Waals surface area (Å²) in [5, 5.41) is 6.24. The summed E-state index contributed by atoms with van der Waals surface area (Å²) in [6, 6.07) is 8.86. The summed E-state index contributed by atoms with van der Waals surface area (Å²) >= 11 is 0. The Morgan fingerprint density at radius 3 is 2.62 bits per heavy atom. The lowest BCUT2D eigenvalue weighted by atomic mass is 10.3. The van der Waals surface area contributed by atoms with E-state index in [0.717, 1.165) is 4.68 Å². The number of amides is 1. The zero-order valence-electron chi connectivity index (χ0n) is 8.64. The van der Waals surface area contributed by atoms with Crippen LogP contribution in [0.1, 0.15) is 10.4 Å². The first-order valence-corrected chi connectivity index (χ1v) is 4.72. The van der Waals surface area contributed by atoms with Gasteiger partial charge in [-0.25, -0.2) is 4.68 Å². The predicted molar refractivity (Wildman–Crippen MR) is 57.6 cm³/mol. The molecule has 16 heavy (non-hydrogen) atoms. The van der Waals surface area contributed by atoms with Gasteiger partial charge in [0, 0.05) is 12.7 Å². The molecule has 0 unspecified atom stereocenters. The number of hydrogen-bond donors (Lipinski definition) is 1. The normalized spacial score (nSPS) is 10.1. The van der Waals surface area contributed by atoms with E-state index in [0.29, 0.717) is 5.69 Å². The summed E-state index contributed by atoms with van der Waals surface area (Å²) in [7, 11) is 1.44. The van der Waals surface area contributed by atoms with Gasteiger partial charge in [-0.05, 0) is 12.1 Å². The third-order valence-corrected chi connectivity index (χ3v) is 2.14. The molecule has 0 aliphatic heterocycles. The van der Waals surface area contributed by atoms with Crippen molar-refractivity contribution >= 4 is 11.6 Å². The van der Waals surface area contributed by atoms with Crippen LogP contribution in [-0.2, 0) is 7.05 Å². The molecule has 4 nitrogen and oxygen atoms in total. The second-order valence-corrected chi connectivity index (χ2v) is 3.29. The van der Waals surface area contributed by atoms with E-state index in [4.69, 9.17) is 0 Å². The smallest absolute Gasteiger partial charge is 0.261 e. The van der Waals surface area contributed by atoms with E-state index >= 15 is 0 Å². The first-order valence-electron chi connectivity index (χ1n) is 4.72. The molecule has 2 aromatic rings. The van der Waals surface area contributed by atoms with Crippen LogP contribution in [0, 0.1) is 5.95 Å². The van der Waals surface area contributed by atoms with Crippen molar-refractivity contribution < 1.29 is 9.18 Å². The standard InChI is InChI=1S/C11H10FN3O/c1-15-10(12)9(7-13-15)11(16)14-8-5-3-2-4-6-8/h2-7H,1H3,(H,14,16). The third-order valence-electron chi connectivity index (χ3n) is 2.14. The second-order valence-electron chi connectivity index (χ2n) is 3.29. The molecule has 1 aromatic heterocycles. The molecular formula is C11H10FN3O. The number of carbonyl (C=O) groups is 1. The Kier molecular flexibility index (Phi) is 2.68. The number of hydrogen-bond acceptors (Lipinski definition) is 2. The molecule has 0 aliphatic rings. The molecule has 1 N–H and O–H groups in total. The van der Waals surface area contributed by atoms with E-state index in [9.17, 15) is 9.18 Å². The number of aromatic nitrogens is 2.